The van der Waals surface area contributed by atoms with Gasteiger partial charge in [0.05, 0.1) is 35.6 Å². The van der Waals surface area contributed by atoms with E-state index in [0.717, 1.165) is 93.6 Å². The number of carbonyl (C=O) groups is 4. The highest BCUT2D eigenvalue weighted by molar-refractivity contribution is 6.62. The summed E-state index contributed by atoms with van der Waals surface area (Å²) in [7, 11) is 0. The van der Waals surface area contributed by atoms with E-state index in [-0.39, 0.29) is 35.3 Å². The van der Waals surface area contributed by atoms with Crippen LogP contribution in [0.1, 0.15) is 93.6 Å². The Morgan fingerprint density at radius 2 is 0.808 bits per heavy atom. The van der Waals surface area contributed by atoms with Gasteiger partial charge < -0.3 is 19.6 Å². The standard InChI is InChI=1S/C27H29Cl2N5O2.C18H17Cl3N2O.C9H13N3O/c28-23-8-4-20(5-9-23)25(21-6-10-24(29)11-7-21)31-14-16-33(17-15-31)27(36)34-19-22(18-30-34)26(35)32-12-2-1-3-13-32;19-15-5-1-13(2-6-15)17(14-3-7-16(20)8-4-14)22-9-11-23(12-10-22)18(21)24;13-9(8-6-10-11-7-8)12-4-2-1-3-5-12/h4-11,18-19,25H,1-3,12-17H2;1-8,17H,9-12H2;6-7H,1-5H2,(H,10,11). The van der Waals surface area contributed by atoms with Gasteiger partial charge in [0, 0.05) is 111 Å². The van der Waals surface area contributed by atoms with Gasteiger partial charge in [-0.15, -0.1) is 0 Å². The van der Waals surface area contributed by atoms with Gasteiger partial charge in [-0.1, -0.05) is 94.9 Å². The Labute approximate surface area is 451 Å². The molecule has 384 valence electrons. The highest BCUT2D eigenvalue weighted by Crippen LogP contribution is 2.33. The first-order valence-electron chi connectivity index (χ1n) is 24.8. The first kappa shape index (κ1) is 53.8. The molecule has 0 spiro atoms. The van der Waals surface area contributed by atoms with Crippen molar-refractivity contribution >= 4 is 81.2 Å². The molecule has 2 aromatic heterocycles. The monoisotopic (exact) mass is 1090 g/mol. The van der Waals surface area contributed by atoms with Crippen LogP contribution in [0.4, 0.5) is 9.59 Å². The molecule has 4 amide bonds. The third-order valence-electron chi connectivity index (χ3n) is 13.7. The van der Waals surface area contributed by atoms with Crippen molar-refractivity contribution in [3.05, 3.63) is 175 Å². The Morgan fingerprint density at radius 3 is 1.16 bits per heavy atom. The summed E-state index contributed by atoms with van der Waals surface area (Å²) in [6, 6.07) is 31.5. The largest absolute Gasteiger partial charge is 0.344 e. The molecule has 73 heavy (non-hydrogen) atoms. The van der Waals surface area contributed by atoms with E-state index >= 15 is 0 Å². The quantitative estimate of drug-likeness (QED) is 0.118. The van der Waals surface area contributed by atoms with Crippen molar-refractivity contribution in [2.45, 2.75) is 50.6 Å². The molecule has 0 bridgehead atoms. The minimum Gasteiger partial charge on any atom is -0.339 e. The number of nitrogens with one attached hydrogen (secondary N) is 1. The van der Waals surface area contributed by atoms with Gasteiger partial charge in [-0.2, -0.15) is 14.9 Å². The maximum absolute atomic E-state index is 13.2. The van der Waals surface area contributed by atoms with E-state index in [4.69, 9.17) is 58.0 Å². The maximum atomic E-state index is 13.2. The number of piperazine rings is 2. The van der Waals surface area contributed by atoms with Gasteiger partial charge in [0.25, 0.3) is 11.8 Å². The third kappa shape index (κ3) is 14.4. The number of aromatic nitrogens is 4. The molecular weight excluding hydrogens is 1030 g/mol. The summed E-state index contributed by atoms with van der Waals surface area (Å²) in [5.74, 6) is 0.0563. The normalized spacial score (nSPS) is 16.6. The van der Waals surface area contributed by atoms with Gasteiger partial charge in [0.2, 0.25) is 0 Å². The zero-order valence-electron chi connectivity index (χ0n) is 40.5. The lowest BCUT2D eigenvalue weighted by molar-refractivity contribution is 0.0717. The molecule has 14 nitrogen and oxygen atoms in total. The number of benzene rings is 4. The van der Waals surface area contributed by atoms with Crippen LogP contribution >= 0.6 is 58.0 Å². The molecular formula is C54H59Cl5N10O4. The second-order valence-corrected chi connectivity index (χ2v) is 20.5. The van der Waals surface area contributed by atoms with E-state index in [1.807, 2.05) is 107 Å². The van der Waals surface area contributed by atoms with Crippen molar-refractivity contribution in [3.8, 4) is 0 Å². The highest BCUT2D eigenvalue weighted by atomic mass is 35.5. The number of nitrogens with zero attached hydrogens (tertiary/aromatic N) is 9. The van der Waals surface area contributed by atoms with E-state index < -0.39 is 0 Å². The molecule has 10 rings (SSSR count). The van der Waals surface area contributed by atoms with Crippen molar-refractivity contribution in [2.24, 2.45) is 0 Å². The van der Waals surface area contributed by atoms with Crippen LogP contribution in [0.3, 0.4) is 0 Å². The number of carbonyl (C=O) groups excluding carboxylic acids is 4. The fourth-order valence-electron chi connectivity index (χ4n) is 9.75. The smallest absolute Gasteiger partial charge is 0.339 e. The Hall–Kier alpha value is -5.45. The summed E-state index contributed by atoms with van der Waals surface area (Å²) >= 11 is 29.9. The predicted octanol–water partition coefficient (Wildman–Crippen LogP) is 11.3. The van der Waals surface area contributed by atoms with Crippen LogP contribution in [-0.2, 0) is 0 Å². The van der Waals surface area contributed by atoms with Crippen molar-refractivity contribution in [2.75, 3.05) is 78.5 Å². The molecule has 4 saturated heterocycles. The molecule has 0 aliphatic carbocycles. The molecule has 0 saturated carbocycles. The fourth-order valence-corrected chi connectivity index (χ4v) is 10.4. The molecule has 19 heteroatoms. The number of aromatic amines is 1. The third-order valence-corrected chi connectivity index (χ3v) is 14.9. The minimum atomic E-state index is -0.385. The van der Waals surface area contributed by atoms with Crippen LogP contribution in [-0.4, -0.2) is 151 Å². The van der Waals surface area contributed by atoms with Crippen LogP contribution in [0.15, 0.2) is 122 Å². The molecule has 4 aromatic carbocycles. The lowest BCUT2D eigenvalue weighted by Gasteiger charge is -2.39. The zero-order chi connectivity index (χ0) is 51.3. The Morgan fingerprint density at radius 1 is 0.438 bits per heavy atom. The average molecular weight is 1090 g/mol. The van der Waals surface area contributed by atoms with Gasteiger partial charge in [0.1, 0.15) is 0 Å². The number of rotatable bonds is 8. The molecule has 4 aliphatic heterocycles. The lowest BCUT2D eigenvalue weighted by Crippen LogP contribution is -2.51. The first-order chi connectivity index (χ1) is 35.4. The molecule has 4 aliphatic rings. The molecule has 6 heterocycles. The Bertz CT molecular complexity index is 2630. The van der Waals surface area contributed by atoms with Crippen LogP contribution in [0.5, 0.6) is 0 Å². The zero-order valence-corrected chi connectivity index (χ0v) is 44.3. The average Bonchev–Trinajstić information content (AvgIpc) is 4.16. The number of halogens is 5. The summed E-state index contributed by atoms with van der Waals surface area (Å²) in [6.07, 6.45) is 13.0. The Kier molecular flexibility index (Phi) is 19.3. The topological polar surface area (TPSA) is 134 Å². The van der Waals surface area contributed by atoms with E-state index in [9.17, 15) is 19.2 Å². The van der Waals surface area contributed by atoms with Crippen LogP contribution in [0, 0.1) is 0 Å². The van der Waals surface area contributed by atoms with Crippen LogP contribution < -0.4 is 0 Å². The van der Waals surface area contributed by atoms with Crippen LogP contribution in [0.2, 0.25) is 20.1 Å². The Balaban J connectivity index is 0.000000164. The number of piperidine rings is 2. The van der Waals surface area contributed by atoms with Gasteiger partial charge in [-0.3, -0.25) is 29.3 Å². The van der Waals surface area contributed by atoms with Crippen molar-refractivity contribution in [1.82, 2.24) is 49.4 Å². The number of hydrogen-bond donors (Lipinski definition) is 1. The molecule has 0 radical (unpaired) electrons. The SMILES string of the molecule is O=C(Cl)N1CCN(C(c2ccc(Cl)cc2)c2ccc(Cl)cc2)CC1.O=C(c1cn[nH]c1)N1CCCCC1.O=C(c1cnn(C(=O)N2CCN(C(c3ccc(Cl)cc3)c3ccc(Cl)cc3)CC2)c1)N1CCCCC1. The molecule has 6 aromatic rings. The lowest BCUT2D eigenvalue weighted by atomic mass is 9.96. The van der Waals surface area contributed by atoms with Crippen LogP contribution in [0.25, 0.3) is 0 Å². The molecule has 1 N–H and O–H groups in total. The van der Waals surface area contributed by atoms with E-state index in [2.05, 4.69) is 25.1 Å². The predicted molar refractivity (Wildman–Crippen MR) is 288 cm³/mol. The summed E-state index contributed by atoms with van der Waals surface area (Å²) in [5, 5.41) is 13.1. The number of amides is 4. The number of likely N-dealkylation sites (tertiary alicyclic amines) is 2. The summed E-state index contributed by atoms with van der Waals surface area (Å²) in [4.78, 5) is 60.9. The van der Waals surface area contributed by atoms with Crippen molar-refractivity contribution < 1.29 is 19.2 Å². The van der Waals surface area contributed by atoms with Gasteiger partial charge in [-0.25, -0.2) is 4.79 Å². The van der Waals surface area contributed by atoms with Crippen molar-refractivity contribution in [3.63, 3.8) is 0 Å². The maximum Gasteiger partial charge on any atom is 0.344 e. The highest BCUT2D eigenvalue weighted by Gasteiger charge is 2.31. The van der Waals surface area contributed by atoms with Gasteiger partial charge in [-0.05, 0) is 121 Å². The second-order valence-electron chi connectivity index (χ2n) is 18.5. The molecule has 0 unspecified atom stereocenters. The first-order valence-corrected chi connectivity index (χ1v) is 26.7. The summed E-state index contributed by atoms with van der Waals surface area (Å²) in [5.41, 5.74) is 5.72. The van der Waals surface area contributed by atoms with E-state index in [1.165, 1.54) is 17.3 Å². The van der Waals surface area contributed by atoms with E-state index in [1.54, 1.807) is 28.4 Å². The fraction of sp³-hybridized carbons (Fsp3) is 0.370. The second kappa shape index (κ2) is 26.2. The summed E-state index contributed by atoms with van der Waals surface area (Å²) < 4.78 is 1.29. The van der Waals surface area contributed by atoms with E-state index in [0.29, 0.717) is 70.5 Å². The minimum absolute atomic E-state index is 0.0234. The summed E-state index contributed by atoms with van der Waals surface area (Å²) in [6.45, 7) is 8.60. The molecule has 4 fully saturated rings. The number of hydrogen-bond acceptors (Lipinski definition) is 8. The van der Waals surface area contributed by atoms with Gasteiger partial charge in [0.15, 0.2) is 0 Å². The molecule has 0 atom stereocenters. The van der Waals surface area contributed by atoms with Crippen molar-refractivity contribution in [1.29, 1.82) is 0 Å². The van der Waals surface area contributed by atoms with Gasteiger partial charge >= 0.3 is 11.4 Å². The number of H-pyrrole nitrogens is 1.